The van der Waals surface area contributed by atoms with Gasteiger partial charge in [-0.3, -0.25) is 9.78 Å². The lowest BCUT2D eigenvalue weighted by atomic mass is 9.97. The summed E-state index contributed by atoms with van der Waals surface area (Å²) in [6, 6.07) is 25.3. The van der Waals surface area contributed by atoms with Gasteiger partial charge < -0.3 is 5.32 Å². The summed E-state index contributed by atoms with van der Waals surface area (Å²) in [6.07, 6.45) is 8.72. The van der Waals surface area contributed by atoms with Gasteiger partial charge in [-0.1, -0.05) is 78.4 Å². The molecule has 3 nitrogen and oxygen atoms in total. The van der Waals surface area contributed by atoms with Crippen molar-refractivity contribution in [1.29, 1.82) is 0 Å². The number of hydrogen-bond acceptors (Lipinski definition) is 2. The van der Waals surface area contributed by atoms with Crippen LogP contribution in [0, 0.1) is 0 Å². The molecular formula is C26H19ClN2O. The highest BCUT2D eigenvalue weighted by Gasteiger charge is 2.05. The van der Waals surface area contributed by atoms with Gasteiger partial charge in [-0.25, -0.2) is 0 Å². The van der Waals surface area contributed by atoms with Gasteiger partial charge in [0, 0.05) is 40.0 Å². The Balaban J connectivity index is 1.58. The zero-order valence-electron chi connectivity index (χ0n) is 16.1. The number of rotatable bonds is 5. The number of hydrogen-bond donors (Lipinski definition) is 1. The molecule has 0 aliphatic heterocycles. The number of amides is 1. The van der Waals surface area contributed by atoms with E-state index in [1.807, 2.05) is 84.9 Å². The van der Waals surface area contributed by atoms with E-state index in [0.29, 0.717) is 5.02 Å². The first-order valence-corrected chi connectivity index (χ1v) is 9.92. The third kappa shape index (κ3) is 4.65. The molecule has 1 aromatic heterocycles. The summed E-state index contributed by atoms with van der Waals surface area (Å²) in [5.41, 5.74) is 3.85. The molecule has 0 fully saturated rings. The largest absolute Gasteiger partial charge is 0.322 e. The van der Waals surface area contributed by atoms with E-state index in [2.05, 4.69) is 10.3 Å². The van der Waals surface area contributed by atoms with Gasteiger partial charge in [0.05, 0.1) is 0 Å². The first-order chi connectivity index (χ1) is 14.7. The van der Waals surface area contributed by atoms with E-state index in [-0.39, 0.29) is 5.91 Å². The maximum atomic E-state index is 12.5. The second kappa shape index (κ2) is 9.21. The van der Waals surface area contributed by atoms with Crippen molar-refractivity contribution < 1.29 is 4.79 Å². The van der Waals surface area contributed by atoms with E-state index in [4.69, 9.17) is 11.6 Å². The normalized spacial score (nSPS) is 11.7. The summed E-state index contributed by atoms with van der Waals surface area (Å²) in [4.78, 5) is 16.6. The van der Waals surface area contributed by atoms with Gasteiger partial charge in [-0.15, -0.1) is 0 Å². The number of pyridine rings is 1. The lowest BCUT2D eigenvalue weighted by molar-refractivity contribution is -0.111. The second-order valence-corrected chi connectivity index (χ2v) is 7.14. The monoisotopic (exact) mass is 410 g/mol. The predicted octanol–water partition coefficient (Wildman–Crippen LogP) is 6.51. The van der Waals surface area contributed by atoms with Crippen molar-refractivity contribution in [2.45, 2.75) is 0 Å². The molecule has 1 heterocycles. The highest BCUT2D eigenvalue weighted by Crippen LogP contribution is 2.25. The smallest absolute Gasteiger partial charge is 0.248 e. The van der Waals surface area contributed by atoms with E-state index >= 15 is 0 Å². The SMILES string of the molecule is O=C(C=CC=C(c1ccccc1)c1ccc(Cl)cc1)Nc1cccc2cnccc12. The molecule has 0 bridgehead atoms. The van der Waals surface area contributed by atoms with Gasteiger partial charge in [-0.05, 0) is 41.0 Å². The van der Waals surface area contributed by atoms with Gasteiger partial charge in [-0.2, -0.15) is 0 Å². The number of anilines is 1. The van der Waals surface area contributed by atoms with Crippen molar-refractivity contribution in [2.24, 2.45) is 0 Å². The van der Waals surface area contributed by atoms with Crippen molar-refractivity contribution in [3.8, 4) is 0 Å². The van der Waals surface area contributed by atoms with Crippen molar-refractivity contribution >= 4 is 39.5 Å². The van der Waals surface area contributed by atoms with E-state index < -0.39 is 0 Å². The van der Waals surface area contributed by atoms with Gasteiger partial charge in [0.1, 0.15) is 0 Å². The molecule has 0 saturated heterocycles. The average molecular weight is 411 g/mol. The zero-order valence-corrected chi connectivity index (χ0v) is 16.9. The molecule has 0 aliphatic rings. The Bertz CT molecular complexity index is 1220. The summed E-state index contributed by atoms with van der Waals surface area (Å²) < 4.78 is 0. The molecular weight excluding hydrogens is 392 g/mol. The van der Waals surface area contributed by atoms with Crippen molar-refractivity contribution in [3.63, 3.8) is 0 Å². The lowest BCUT2D eigenvalue weighted by Crippen LogP contribution is -2.08. The van der Waals surface area contributed by atoms with Crippen LogP contribution in [0.3, 0.4) is 0 Å². The maximum absolute atomic E-state index is 12.5. The lowest BCUT2D eigenvalue weighted by Gasteiger charge is -2.08. The molecule has 30 heavy (non-hydrogen) atoms. The minimum atomic E-state index is -0.195. The number of carbonyl (C=O) groups excluding carboxylic acids is 1. The number of aromatic nitrogens is 1. The molecule has 0 radical (unpaired) electrons. The molecule has 4 aromatic rings. The quantitative estimate of drug-likeness (QED) is 0.301. The summed E-state index contributed by atoms with van der Waals surface area (Å²) in [5, 5.41) is 5.57. The number of carbonyl (C=O) groups is 1. The van der Waals surface area contributed by atoms with Crippen LogP contribution in [-0.4, -0.2) is 10.9 Å². The summed E-state index contributed by atoms with van der Waals surface area (Å²) in [7, 11) is 0. The maximum Gasteiger partial charge on any atom is 0.248 e. The van der Waals surface area contributed by atoms with Crippen LogP contribution in [0.4, 0.5) is 5.69 Å². The highest BCUT2D eigenvalue weighted by molar-refractivity contribution is 6.30. The molecule has 3 aromatic carbocycles. The molecule has 0 atom stereocenters. The first-order valence-electron chi connectivity index (χ1n) is 9.54. The number of allylic oxidation sites excluding steroid dienone is 2. The first kappa shape index (κ1) is 19.6. The number of nitrogens with zero attached hydrogens (tertiary/aromatic N) is 1. The van der Waals surface area contributed by atoms with E-state index in [1.165, 1.54) is 6.08 Å². The Morgan fingerprint density at radius 2 is 1.63 bits per heavy atom. The van der Waals surface area contributed by atoms with E-state index in [0.717, 1.165) is 33.2 Å². The molecule has 0 spiro atoms. The Morgan fingerprint density at radius 3 is 2.43 bits per heavy atom. The van der Waals surface area contributed by atoms with Crippen molar-refractivity contribution in [2.75, 3.05) is 5.32 Å². The number of nitrogens with one attached hydrogen (secondary N) is 1. The third-order valence-corrected chi connectivity index (χ3v) is 4.94. The Kier molecular flexibility index (Phi) is 6.02. The molecule has 4 rings (SSSR count). The van der Waals surface area contributed by atoms with Gasteiger partial charge >= 0.3 is 0 Å². The summed E-state index contributed by atoms with van der Waals surface area (Å²) in [5.74, 6) is -0.195. The van der Waals surface area contributed by atoms with Crippen LogP contribution in [-0.2, 0) is 4.79 Å². The minimum Gasteiger partial charge on any atom is -0.322 e. The fourth-order valence-corrected chi connectivity index (χ4v) is 3.37. The van der Waals surface area contributed by atoms with Crippen LogP contribution in [0.25, 0.3) is 16.3 Å². The Labute approximate surface area is 180 Å². The Hall–Kier alpha value is -3.69. The second-order valence-electron chi connectivity index (χ2n) is 6.70. The average Bonchev–Trinajstić information content (AvgIpc) is 2.78. The molecule has 0 unspecified atom stereocenters. The number of fused-ring (bicyclic) bond motifs is 1. The molecule has 1 N–H and O–H groups in total. The van der Waals surface area contributed by atoms with Gasteiger partial charge in [0.15, 0.2) is 0 Å². The highest BCUT2D eigenvalue weighted by atomic mass is 35.5. The number of halogens is 1. The van der Waals surface area contributed by atoms with E-state index in [9.17, 15) is 4.79 Å². The fourth-order valence-electron chi connectivity index (χ4n) is 3.24. The zero-order chi connectivity index (χ0) is 20.8. The van der Waals surface area contributed by atoms with Crippen LogP contribution >= 0.6 is 11.6 Å². The topological polar surface area (TPSA) is 42.0 Å². The van der Waals surface area contributed by atoms with Crippen LogP contribution in [0.1, 0.15) is 11.1 Å². The van der Waals surface area contributed by atoms with Crippen molar-refractivity contribution in [3.05, 3.63) is 126 Å². The summed E-state index contributed by atoms with van der Waals surface area (Å²) >= 11 is 6.04. The van der Waals surface area contributed by atoms with Crippen LogP contribution in [0.5, 0.6) is 0 Å². The fraction of sp³-hybridized carbons (Fsp3) is 0. The van der Waals surface area contributed by atoms with Crippen LogP contribution in [0.15, 0.2) is 109 Å². The van der Waals surface area contributed by atoms with Gasteiger partial charge in [0.25, 0.3) is 0 Å². The van der Waals surface area contributed by atoms with E-state index in [1.54, 1.807) is 18.5 Å². The molecule has 0 saturated carbocycles. The predicted molar refractivity (Wildman–Crippen MR) is 124 cm³/mol. The van der Waals surface area contributed by atoms with Crippen molar-refractivity contribution in [1.82, 2.24) is 4.98 Å². The standard InChI is InChI=1S/C26H19ClN2O/c27-22-14-12-20(13-15-22)23(19-6-2-1-3-7-19)9-5-11-26(30)29-25-10-4-8-21-18-28-17-16-24(21)25/h1-18H,(H,29,30). The third-order valence-electron chi connectivity index (χ3n) is 4.69. The Morgan fingerprint density at radius 1 is 0.867 bits per heavy atom. The molecule has 0 aliphatic carbocycles. The van der Waals surface area contributed by atoms with Gasteiger partial charge in [0.2, 0.25) is 5.91 Å². The minimum absolute atomic E-state index is 0.195. The molecule has 146 valence electrons. The van der Waals surface area contributed by atoms with Crippen LogP contribution < -0.4 is 5.32 Å². The molecule has 4 heteroatoms. The van der Waals surface area contributed by atoms with Crippen LogP contribution in [0.2, 0.25) is 5.02 Å². The number of benzene rings is 3. The molecule has 1 amide bonds. The summed E-state index contributed by atoms with van der Waals surface area (Å²) in [6.45, 7) is 0.